The van der Waals surface area contributed by atoms with Gasteiger partial charge in [0, 0.05) is 12.5 Å². The van der Waals surface area contributed by atoms with Gasteiger partial charge in [-0.1, -0.05) is 11.2 Å². The first kappa shape index (κ1) is 19.3. The first-order chi connectivity index (χ1) is 11.4. The van der Waals surface area contributed by atoms with Gasteiger partial charge in [0.05, 0.1) is 18.0 Å². The summed E-state index contributed by atoms with van der Waals surface area (Å²) in [4.78, 5) is 15.7. The zero-order valence-electron chi connectivity index (χ0n) is 13.6. The lowest BCUT2D eigenvalue weighted by molar-refractivity contribution is -0.119. The number of aromatic nitrogens is 2. The standard InChI is InChI=1S/C16H18F2N4O2.ClH/c1-9(23)20-12(14-10(17)4-2-5-11(14)18)8-13-21-15(22-24-13)16(19)6-3-7-16;/h2,4-5,12H,3,6-8,19H2,1H3,(H,20,23);1H. The number of nitrogens with two attached hydrogens (primary N) is 1. The summed E-state index contributed by atoms with van der Waals surface area (Å²) in [5, 5.41) is 6.39. The molecule has 0 spiro atoms. The number of nitrogens with one attached hydrogen (secondary N) is 1. The maximum Gasteiger partial charge on any atom is 0.229 e. The lowest BCUT2D eigenvalue weighted by Gasteiger charge is -2.34. The van der Waals surface area contributed by atoms with Gasteiger partial charge < -0.3 is 15.6 Å². The predicted molar refractivity (Wildman–Crippen MR) is 87.9 cm³/mol. The molecule has 0 radical (unpaired) electrons. The summed E-state index contributed by atoms with van der Waals surface area (Å²) in [5.74, 6) is -1.36. The molecule has 1 unspecified atom stereocenters. The number of hydrogen-bond acceptors (Lipinski definition) is 5. The fourth-order valence-corrected chi connectivity index (χ4v) is 2.81. The molecule has 1 atom stereocenters. The first-order valence-corrected chi connectivity index (χ1v) is 7.72. The smallest absolute Gasteiger partial charge is 0.229 e. The van der Waals surface area contributed by atoms with E-state index in [0.29, 0.717) is 5.82 Å². The minimum absolute atomic E-state index is 0. The van der Waals surface area contributed by atoms with Crippen molar-refractivity contribution in [3.63, 3.8) is 0 Å². The van der Waals surface area contributed by atoms with Crippen molar-refractivity contribution in [3.8, 4) is 0 Å². The van der Waals surface area contributed by atoms with Gasteiger partial charge in [0.2, 0.25) is 11.8 Å². The van der Waals surface area contributed by atoms with E-state index in [4.69, 9.17) is 10.3 Å². The summed E-state index contributed by atoms with van der Waals surface area (Å²) in [5.41, 5.74) is 5.31. The molecule has 1 aromatic heterocycles. The van der Waals surface area contributed by atoms with Crippen molar-refractivity contribution >= 4 is 18.3 Å². The van der Waals surface area contributed by atoms with Crippen LogP contribution in [0.3, 0.4) is 0 Å². The molecule has 1 amide bonds. The van der Waals surface area contributed by atoms with Gasteiger partial charge in [0.15, 0.2) is 5.82 Å². The maximum absolute atomic E-state index is 14.0. The Bertz CT molecular complexity index is 744. The van der Waals surface area contributed by atoms with Gasteiger partial charge in [0.25, 0.3) is 0 Å². The van der Waals surface area contributed by atoms with E-state index in [1.165, 1.54) is 13.0 Å². The maximum atomic E-state index is 14.0. The molecular weight excluding hydrogens is 354 g/mol. The first-order valence-electron chi connectivity index (χ1n) is 7.72. The Morgan fingerprint density at radius 3 is 2.56 bits per heavy atom. The molecule has 3 rings (SSSR count). The van der Waals surface area contributed by atoms with Crippen LogP contribution in [-0.4, -0.2) is 16.0 Å². The molecule has 9 heteroatoms. The highest BCUT2D eigenvalue weighted by Gasteiger charge is 2.39. The van der Waals surface area contributed by atoms with E-state index in [1.54, 1.807) is 0 Å². The van der Waals surface area contributed by atoms with E-state index < -0.39 is 29.1 Å². The Hall–Kier alpha value is -2.06. The molecule has 136 valence electrons. The second kappa shape index (κ2) is 7.45. The predicted octanol–water partition coefficient (Wildman–Crippen LogP) is 2.53. The molecule has 1 heterocycles. The van der Waals surface area contributed by atoms with Crippen molar-refractivity contribution in [2.24, 2.45) is 5.73 Å². The Kier molecular flexibility index (Phi) is 5.74. The summed E-state index contributed by atoms with van der Waals surface area (Å²) < 4.78 is 33.2. The SMILES string of the molecule is CC(=O)NC(Cc1nc(C2(N)CCC2)no1)c1c(F)cccc1F.Cl. The molecule has 1 fully saturated rings. The molecule has 0 saturated heterocycles. The zero-order valence-corrected chi connectivity index (χ0v) is 14.4. The van der Waals surface area contributed by atoms with Gasteiger partial charge in [-0.05, 0) is 31.4 Å². The molecule has 1 aliphatic rings. The van der Waals surface area contributed by atoms with Crippen LogP contribution >= 0.6 is 12.4 Å². The minimum Gasteiger partial charge on any atom is -0.349 e. The van der Waals surface area contributed by atoms with Crippen molar-refractivity contribution in [1.29, 1.82) is 0 Å². The topological polar surface area (TPSA) is 94.0 Å². The van der Waals surface area contributed by atoms with E-state index in [2.05, 4.69) is 15.5 Å². The number of amides is 1. The van der Waals surface area contributed by atoms with E-state index in [0.717, 1.165) is 31.4 Å². The number of benzene rings is 1. The third-order valence-corrected chi connectivity index (χ3v) is 4.26. The Balaban J connectivity index is 0.00000225. The summed E-state index contributed by atoms with van der Waals surface area (Å²) >= 11 is 0. The number of rotatable bonds is 5. The Morgan fingerprint density at radius 2 is 2.04 bits per heavy atom. The number of halogens is 3. The normalized spacial score (nSPS) is 16.5. The van der Waals surface area contributed by atoms with Crippen molar-refractivity contribution in [1.82, 2.24) is 15.5 Å². The van der Waals surface area contributed by atoms with Gasteiger partial charge >= 0.3 is 0 Å². The lowest BCUT2D eigenvalue weighted by Crippen LogP contribution is -2.44. The van der Waals surface area contributed by atoms with Crippen molar-refractivity contribution < 1.29 is 18.1 Å². The van der Waals surface area contributed by atoms with Crippen LogP contribution in [0.15, 0.2) is 22.7 Å². The third kappa shape index (κ3) is 3.96. The van der Waals surface area contributed by atoms with Gasteiger partial charge in [-0.2, -0.15) is 4.98 Å². The average Bonchev–Trinajstić information content (AvgIpc) is 2.92. The lowest BCUT2D eigenvalue weighted by atomic mass is 9.77. The number of nitrogens with zero attached hydrogens (tertiary/aromatic N) is 2. The van der Waals surface area contributed by atoms with Gasteiger partial charge in [-0.25, -0.2) is 8.78 Å². The van der Waals surface area contributed by atoms with E-state index in [1.807, 2.05) is 0 Å². The van der Waals surface area contributed by atoms with Crippen molar-refractivity contribution in [2.45, 2.75) is 44.2 Å². The van der Waals surface area contributed by atoms with Crippen LogP contribution in [0.25, 0.3) is 0 Å². The number of hydrogen-bond donors (Lipinski definition) is 2. The summed E-state index contributed by atoms with van der Waals surface area (Å²) in [6.45, 7) is 1.27. The van der Waals surface area contributed by atoms with Crippen LogP contribution in [0.4, 0.5) is 8.78 Å². The van der Waals surface area contributed by atoms with Crippen molar-refractivity contribution in [2.75, 3.05) is 0 Å². The van der Waals surface area contributed by atoms with E-state index >= 15 is 0 Å². The van der Waals surface area contributed by atoms with Gasteiger partial charge in [-0.3, -0.25) is 4.79 Å². The van der Waals surface area contributed by atoms with E-state index in [9.17, 15) is 13.6 Å². The summed E-state index contributed by atoms with van der Waals surface area (Å²) in [7, 11) is 0. The Labute approximate surface area is 149 Å². The molecule has 0 bridgehead atoms. The van der Waals surface area contributed by atoms with Crippen LogP contribution < -0.4 is 11.1 Å². The second-order valence-corrected chi connectivity index (χ2v) is 6.11. The number of carbonyl (C=O) groups is 1. The second-order valence-electron chi connectivity index (χ2n) is 6.11. The van der Waals surface area contributed by atoms with Gasteiger partial charge in [-0.15, -0.1) is 12.4 Å². The van der Waals surface area contributed by atoms with Gasteiger partial charge in [0.1, 0.15) is 11.6 Å². The van der Waals surface area contributed by atoms with Crippen LogP contribution in [0.2, 0.25) is 0 Å². The van der Waals surface area contributed by atoms with Crippen LogP contribution in [-0.2, 0) is 16.8 Å². The molecule has 2 aromatic rings. The molecule has 1 aliphatic carbocycles. The highest BCUT2D eigenvalue weighted by Crippen LogP contribution is 2.37. The van der Waals surface area contributed by atoms with Crippen LogP contribution in [0, 0.1) is 11.6 Å². The van der Waals surface area contributed by atoms with E-state index in [-0.39, 0.29) is 30.3 Å². The molecule has 6 nitrogen and oxygen atoms in total. The summed E-state index contributed by atoms with van der Waals surface area (Å²) in [6, 6.07) is 2.58. The molecule has 25 heavy (non-hydrogen) atoms. The van der Waals surface area contributed by atoms with Crippen molar-refractivity contribution in [3.05, 3.63) is 47.1 Å². The zero-order chi connectivity index (χ0) is 17.3. The monoisotopic (exact) mass is 372 g/mol. The molecule has 1 saturated carbocycles. The fourth-order valence-electron chi connectivity index (χ4n) is 2.81. The average molecular weight is 373 g/mol. The quantitative estimate of drug-likeness (QED) is 0.841. The highest BCUT2D eigenvalue weighted by molar-refractivity contribution is 5.85. The Morgan fingerprint density at radius 1 is 1.40 bits per heavy atom. The largest absolute Gasteiger partial charge is 0.349 e. The van der Waals surface area contributed by atoms with Crippen LogP contribution in [0.5, 0.6) is 0 Å². The molecule has 1 aromatic carbocycles. The number of carbonyl (C=O) groups excluding carboxylic acids is 1. The molecule has 0 aliphatic heterocycles. The minimum atomic E-state index is -0.952. The fraction of sp³-hybridized carbons (Fsp3) is 0.438. The van der Waals surface area contributed by atoms with Crippen LogP contribution in [0.1, 0.15) is 49.5 Å². The molecule has 3 N–H and O–H groups in total. The summed E-state index contributed by atoms with van der Waals surface area (Å²) in [6.07, 6.45) is 2.50. The third-order valence-electron chi connectivity index (χ3n) is 4.26. The molecular formula is C16H19ClF2N4O2. The highest BCUT2D eigenvalue weighted by atomic mass is 35.5.